The third-order valence-electron chi connectivity index (χ3n) is 3.06. The summed E-state index contributed by atoms with van der Waals surface area (Å²) in [6.45, 7) is 8.86. The molecule has 0 radical (unpaired) electrons. The Kier molecular flexibility index (Phi) is 3.20. The quantitative estimate of drug-likeness (QED) is 0.709. The Balaban J connectivity index is 3.08. The number of rotatable bonds is 3. The molecule has 0 aliphatic heterocycles. The maximum Gasteiger partial charge on any atom is 0.121 e. The van der Waals surface area contributed by atoms with Crippen molar-refractivity contribution < 1.29 is 4.74 Å². The molecule has 0 amide bonds. The van der Waals surface area contributed by atoms with Crippen LogP contribution in [0.4, 0.5) is 0 Å². The van der Waals surface area contributed by atoms with Crippen molar-refractivity contribution in [3.63, 3.8) is 0 Å². The van der Waals surface area contributed by atoms with Gasteiger partial charge in [-0.3, -0.25) is 0 Å². The molecule has 1 aromatic rings. The molecule has 0 aliphatic carbocycles. The summed E-state index contributed by atoms with van der Waals surface area (Å²) in [5, 5.41) is 0. The van der Waals surface area contributed by atoms with E-state index < -0.39 is 0 Å². The SMILES string of the molecule is CCC(C)(C)c1ccc(OC)c(C)c1. The van der Waals surface area contributed by atoms with Crippen LogP contribution in [0, 0.1) is 6.92 Å². The molecule has 0 aliphatic rings. The van der Waals surface area contributed by atoms with Gasteiger partial charge in [0.15, 0.2) is 0 Å². The van der Waals surface area contributed by atoms with Gasteiger partial charge in [-0.05, 0) is 36.0 Å². The fourth-order valence-corrected chi connectivity index (χ4v) is 1.50. The van der Waals surface area contributed by atoms with Crippen molar-refractivity contribution in [3.8, 4) is 5.75 Å². The zero-order valence-corrected chi connectivity index (χ0v) is 9.85. The van der Waals surface area contributed by atoms with E-state index >= 15 is 0 Å². The molecule has 14 heavy (non-hydrogen) atoms. The summed E-state index contributed by atoms with van der Waals surface area (Å²) >= 11 is 0. The van der Waals surface area contributed by atoms with Gasteiger partial charge < -0.3 is 4.74 Å². The molecule has 0 spiro atoms. The molecule has 1 aromatic carbocycles. The fraction of sp³-hybridized carbons (Fsp3) is 0.538. The number of ether oxygens (including phenoxy) is 1. The average molecular weight is 192 g/mol. The van der Waals surface area contributed by atoms with Crippen LogP contribution in [-0.2, 0) is 5.41 Å². The maximum absolute atomic E-state index is 5.25. The minimum absolute atomic E-state index is 0.261. The van der Waals surface area contributed by atoms with E-state index in [1.54, 1.807) is 7.11 Å². The van der Waals surface area contributed by atoms with Gasteiger partial charge in [0.1, 0.15) is 5.75 Å². The summed E-state index contributed by atoms with van der Waals surface area (Å²) in [7, 11) is 1.72. The monoisotopic (exact) mass is 192 g/mol. The second-order valence-corrected chi connectivity index (χ2v) is 4.42. The highest BCUT2D eigenvalue weighted by Crippen LogP contribution is 2.30. The molecular formula is C13H20O. The van der Waals surface area contributed by atoms with Crippen molar-refractivity contribution >= 4 is 0 Å². The topological polar surface area (TPSA) is 9.23 Å². The van der Waals surface area contributed by atoms with E-state index in [0.29, 0.717) is 0 Å². The van der Waals surface area contributed by atoms with E-state index in [1.165, 1.54) is 11.1 Å². The molecule has 0 bridgehead atoms. The van der Waals surface area contributed by atoms with Crippen molar-refractivity contribution in [2.45, 2.75) is 39.5 Å². The van der Waals surface area contributed by atoms with Gasteiger partial charge in [0.25, 0.3) is 0 Å². The highest BCUT2D eigenvalue weighted by molar-refractivity contribution is 5.38. The Labute approximate surface area is 87.1 Å². The summed E-state index contributed by atoms with van der Waals surface area (Å²) in [4.78, 5) is 0. The highest BCUT2D eigenvalue weighted by Gasteiger charge is 2.18. The zero-order valence-electron chi connectivity index (χ0n) is 9.85. The van der Waals surface area contributed by atoms with Crippen LogP contribution in [0.1, 0.15) is 38.3 Å². The van der Waals surface area contributed by atoms with E-state index in [4.69, 9.17) is 4.74 Å². The first-order valence-electron chi connectivity index (χ1n) is 5.16. The standard InChI is InChI=1S/C13H20O/c1-6-13(3,4)11-7-8-12(14-5)10(2)9-11/h7-9H,6H2,1-5H3. The third-order valence-corrected chi connectivity index (χ3v) is 3.06. The molecule has 1 heteroatoms. The molecule has 0 saturated carbocycles. The van der Waals surface area contributed by atoms with Gasteiger partial charge in [-0.25, -0.2) is 0 Å². The second kappa shape index (κ2) is 4.04. The molecule has 0 heterocycles. The van der Waals surface area contributed by atoms with Crippen LogP contribution in [0.5, 0.6) is 5.75 Å². The molecule has 1 nitrogen and oxygen atoms in total. The summed E-state index contributed by atoms with van der Waals surface area (Å²) in [6.07, 6.45) is 1.15. The molecular weight excluding hydrogens is 172 g/mol. The Morgan fingerprint density at radius 1 is 1.29 bits per heavy atom. The highest BCUT2D eigenvalue weighted by atomic mass is 16.5. The normalized spacial score (nSPS) is 11.5. The van der Waals surface area contributed by atoms with E-state index in [2.05, 4.69) is 45.9 Å². The first-order chi connectivity index (χ1) is 6.51. The number of benzene rings is 1. The molecule has 0 aromatic heterocycles. The Hall–Kier alpha value is -0.980. The predicted octanol–water partition coefficient (Wildman–Crippen LogP) is 3.69. The number of hydrogen-bond acceptors (Lipinski definition) is 1. The summed E-state index contributed by atoms with van der Waals surface area (Å²) in [5.74, 6) is 0.973. The van der Waals surface area contributed by atoms with Gasteiger partial charge >= 0.3 is 0 Å². The van der Waals surface area contributed by atoms with Crippen molar-refractivity contribution in [3.05, 3.63) is 29.3 Å². The lowest BCUT2D eigenvalue weighted by atomic mass is 9.81. The fourth-order valence-electron chi connectivity index (χ4n) is 1.50. The van der Waals surface area contributed by atoms with Gasteiger partial charge in [0.2, 0.25) is 0 Å². The van der Waals surface area contributed by atoms with Gasteiger partial charge in [0, 0.05) is 0 Å². The Morgan fingerprint density at radius 3 is 2.36 bits per heavy atom. The lowest BCUT2D eigenvalue weighted by molar-refractivity contribution is 0.410. The van der Waals surface area contributed by atoms with Crippen molar-refractivity contribution in [2.75, 3.05) is 7.11 Å². The van der Waals surface area contributed by atoms with Crippen LogP contribution in [0.25, 0.3) is 0 Å². The molecule has 0 unspecified atom stereocenters. The maximum atomic E-state index is 5.25. The van der Waals surface area contributed by atoms with Crippen molar-refractivity contribution in [1.29, 1.82) is 0 Å². The molecule has 1 rings (SSSR count). The number of hydrogen-bond donors (Lipinski definition) is 0. The molecule has 0 fully saturated rings. The lowest BCUT2D eigenvalue weighted by Crippen LogP contribution is -2.15. The third kappa shape index (κ3) is 2.09. The van der Waals surface area contributed by atoms with E-state index in [-0.39, 0.29) is 5.41 Å². The minimum atomic E-state index is 0.261. The average Bonchev–Trinajstić information content (AvgIpc) is 2.17. The minimum Gasteiger partial charge on any atom is -0.496 e. The summed E-state index contributed by atoms with van der Waals surface area (Å²) < 4.78 is 5.25. The first-order valence-corrected chi connectivity index (χ1v) is 5.16. The largest absolute Gasteiger partial charge is 0.496 e. The second-order valence-electron chi connectivity index (χ2n) is 4.42. The molecule has 0 saturated heterocycles. The number of aryl methyl sites for hydroxylation is 1. The summed E-state index contributed by atoms with van der Waals surface area (Å²) in [6, 6.07) is 6.44. The van der Waals surface area contributed by atoms with E-state index in [9.17, 15) is 0 Å². The Bertz CT molecular complexity index is 313. The van der Waals surface area contributed by atoms with Gasteiger partial charge in [0.05, 0.1) is 7.11 Å². The van der Waals surface area contributed by atoms with Crippen LogP contribution in [0.2, 0.25) is 0 Å². The van der Waals surface area contributed by atoms with Gasteiger partial charge in [-0.1, -0.05) is 32.9 Å². The molecule has 0 atom stereocenters. The van der Waals surface area contributed by atoms with Gasteiger partial charge in [-0.2, -0.15) is 0 Å². The smallest absolute Gasteiger partial charge is 0.121 e. The van der Waals surface area contributed by atoms with Crippen molar-refractivity contribution in [1.82, 2.24) is 0 Å². The van der Waals surface area contributed by atoms with Gasteiger partial charge in [-0.15, -0.1) is 0 Å². The van der Waals surface area contributed by atoms with Crippen LogP contribution >= 0.6 is 0 Å². The van der Waals surface area contributed by atoms with Crippen LogP contribution in [0.3, 0.4) is 0 Å². The van der Waals surface area contributed by atoms with E-state index in [1.807, 2.05) is 0 Å². The molecule has 0 N–H and O–H groups in total. The van der Waals surface area contributed by atoms with Crippen LogP contribution < -0.4 is 4.74 Å². The Morgan fingerprint density at radius 2 is 1.93 bits per heavy atom. The van der Waals surface area contributed by atoms with Crippen molar-refractivity contribution in [2.24, 2.45) is 0 Å². The lowest BCUT2D eigenvalue weighted by Gasteiger charge is -2.24. The number of methoxy groups -OCH3 is 1. The van der Waals surface area contributed by atoms with E-state index in [0.717, 1.165) is 12.2 Å². The first kappa shape index (κ1) is 11.1. The van der Waals surface area contributed by atoms with Crippen LogP contribution in [-0.4, -0.2) is 7.11 Å². The zero-order chi connectivity index (χ0) is 10.8. The van der Waals surface area contributed by atoms with Crippen LogP contribution in [0.15, 0.2) is 18.2 Å². The summed E-state index contributed by atoms with van der Waals surface area (Å²) in [5.41, 5.74) is 2.86. The predicted molar refractivity (Wildman–Crippen MR) is 61.0 cm³/mol. The molecule has 78 valence electrons.